The van der Waals surface area contributed by atoms with E-state index in [1.807, 2.05) is 7.11 Å². The number of hydrogen-bond acceptors (Lipinski definition) is 3. The summed E-state index contributed by atoms with van der Waals surface area (Å²) in [7, 11) is 1.81. The maximum absolute atomic E-state index is 6.22. The van der Waals surface area contributed by atoms with Gasteiger partial charge in [0.25, 0.3) is 0 Å². The van der Waals surface area contributed by atoms with Crippen molar-refractivity contribution >= 4 is 5.69 Å². The van der Waals surface area contributed by atoms with Crippen molar-refractivity contribution in [3.8, 4) is 5.75 Å². The molecule has 2 heterocycles. The van der Waals surface area contributed by atoms with Gasteiger partial charge in [-0.05, 0) is 55.7 Å². The van der Waals surface area contributed by atoms with Crippen LogP contribution in [0.5, 0.6) is 5.75 Å². The van der Waals surface area contributed by atoms with E-state index in [0.717, 1.165) is 44.7 Å². The third kappa shape index (κ3) is 3.54. The van der Waals surface area contributed by atoms with Crippen LogP contribution in [0.3, 0.4) is 0 Å². The largest absolute Gasteiger partial charge is 0.496 e. The molecule has 1 aliphatic carbocycles. The van der Waals surface area contributed by atoms with Gasteiger partial charge in [0, 0.05) is 42.2 Å². The highest BCUT2D eigenvalue weighted by atomic mass is 16.5. The third-order valence-corrected chi connectivity index (χ3v) is 7.57. The van der Waals surface area contributed by atoms with Gasteiger partial charge in [-0.25, -0.2) is 0 Å². The molecule has 0 saturated carbocycles. The molecule has 158 valence electrons. The molecule has 1 spiro atoms. The highest BCUT2D eigenvalue weighted by Crippen LogP contribution is 2.43. The van der Waals surface area contributed by atoms with Crippen molar-refractivity contribution in [3.05, 3.63) is 71.8 Å². The van der Waals surface area contributed by atoms with Crippen LogP contribution in [0.15, 0.2) is 55.1 Å². The molecule has 3 nitrogen and oxygen atoms in total. The van der Waals surface area contributed by atoms with Gasteiger partial charge in [-0.15, -0.1) is 6.58 Å². The highest BCUT2D eigenvalue weighted by Gasteiger charge is 2.41. The molecular formula is C27H33NO2. The third-order valence-electron chi connectivity index (χ3n) is 7.57. The second-order valence-corrected chi connectivity index (χ2v) is 9.25. The molecule has 0 amide bonds. The van der Waals surface area contributed by atoms with E-state index in [9.17, 15) is 0 Å². The molecule has 3 heteroatoms. The summed E-state index contributed by atoms with van der Waals surface area (Å²) in [6, 6.07) is 15.8. The smallest absolute Gasteiger partial charge is 0.124 e. The molecule has 2 aliphatic heterocycles. The summed E-state index contributed by atoms with van der Waals surface area (Å²) in [6.45, 7) is 6.88. The van der Waals surface area contributed by atoms with Gasteiger partial charge in [0.1, 0.15) is 5.75 Å². The lowest BCUT2D eigenvalue weighted by molar-refractivity contribution is -0.0150. The summed E-state index contributed by atoms with van der Waals surface area (Å²) in [5.74, 6) is 1.99. The van der Waals surface area contributed by atoms with Crippen LogP contribution < -0.4 is 9.64 Å². The summed E-state index contributed by atoms with van der Waals surface area (Å²) < 4.78 is 12.1. The van der Waals surface area contributed by atoms with Crippen LogP contribution in [-0.4, -0.2) is 32.4 Å². The van der Waals surface area contributed by atoms with Crippen LogP contribution in [0, 0.1) is 5.92 Å². The molecule has 2 atom stereocenters. The predicted octanol–water partition coefficient (Wildman–Crippen LogP) is 5.72. The Hall–Kier alpha value is -2.26. The normalized spacial score (nSPS) is 25.2. The minimum atomic E-state index is 0.0746. The first kappa shape index (κ1) is 19.7. The minimum absolute atomic E-state index is 0.0746. The molecule has 0 bridgehead atoms. The van der Waals surface area contributed by atoms with Crippen molar-refractivity contribution in [2.75, 3.05) is 31.7 Å². The van der Waals surface area contributed by atoms with E-state index in [1.165, 1.54) is 41.6 Å². The van der Waals surface area contributed by atoms with Crippen molar-refractivity contribution in [3.63, 3.8) is 0 Å². The first-order valence-electron chi connectivity index (χ1n) is 11.5. The number of nitrogens with zero attached hydrogens (tertiary/aromatic N) is 1. The van der Waals surface area contributed by atoms with Crippen molar-refractivity contribution in [1.29, 1.82) is 0 Å². The Balaban J connectivity index is 1.35. The molecule has 0 radical (unpaired) electrons. The number of piperidine rings is 1. The first-order chi connectivity index (χ1) is 14.7. The standard InChI is InChI=1S/C27H33NO2/c1-3-20-18-27(30-19-20)13-15-28(16-14-27)22-11-12-25(26(17-22)29-2)24-10-6-8-21-7-4-5-9-23(21)24/h3-5,7,9,11-12,17,20,24H,1,6,8,10,13-16,18-19H2,2H3/t20?,24-/m1/s1. The van der Waals surface area contributed by atoms with Gasteiger partial charge >= 0.3 is 0 Å². The summed E-state index contributed by atoms with van der Waals surface area (Å²) in [5, 5.41) is 0. The quantitative estimate of drug-likeness (QED) is 0.609. The molecule has 2 fully saturated rings. The molecule has 2 aromatic rings. The molecule has 0 N–H and O–H groups in total. The van der Waals surface area contributed by atoms with E-state index in [-0.39, 0.29) is 5.60 Å². The number of benzene rings is 2. The lowest BCUT2D eigenvalue weighted by Crippen LogP contribution is -2.44. The van der Waals surface area contributed by atoms with E-state index in [0.29, 0.717) is 11.8 Å². The average molecular weight is 404 g/mol. The first-order valence-corrected chi connectivity index (χ1v) is 11.5. The van der Waals surface area contributed by atoms with Crippen LogP contribution in [-0.2, 0) is 11.2 Å². The SMILES string of the molecule is C=CC1COC2(CCN(c3ccc([C@@H]4CCCc5ccccc54)c(OC)c3)CC2)C1. The number of ether oxygens (including phenoxy) is 2. The second-order valence-electron chi connectivity index (χ2n) is 9.25. The van der Waals surface area contributed by atoms with E-state index < -0.39 is 0 Å². The van der Waals surface area contributed by atoms with Gasteiger partial charge in [-0.2, -0.15) is 0 Å². The Morgan fingerprint density at radius 1 is 1.13 bits per heavy atom. The molecule has 2 saturated heterocycles. The maximum atomic E-state index is 6.22. The lowest BCUT2D eigenvalue weighted by atomic mass is 9.78. The van der Waals surface area contributed by atoms with Crippen molar-refractivity contribution in [2.24, 2.45) is 5.92 Å². The minimum Gasteiger partial charge on any atom is -0.496 e. The number of aryl methyl sites for hydroxylation is 1. The van der Waals surface area contributed by atoms with Crippen LogP contribution in [0.25, 0.3) is 0 Å². The molecule has 0 aromatic heterocycles. The maximum Gasteiger partial charge on any atom is 0.124 e. The van der Waals surface area contributed by atoms with Gasteiger partial charge < -0.3 is 14.4 Å². The van der Waals surface area contributed by atoms with Gasteiger partial charge in [0.2, 0.25) is 0 Å². The fourth-order valence-corrected chi connectivity index (χ4v) is 5.81. The van der Waals surface area contributed by atoms with Gasteiger partial charge in [-0.3, -0.25) is 0 Å². The zero-order valence-corrected chi connectivity index (χ0v) is 18.1. The van der Waals surface area contributed by atoms with E-state index >= 15 is 0 Å². The Labute approximate surface area is 180 Å². The molecule has 30 heavy (non-hydrogen) atoms. The topological polar surface area (TPSA) is 21.7 Å². The zero-order chi connectivity index (χ0) is 20.6. The van der Waals surface area contributed by atoms with E-state index in [4.69, 9.17) is 9.47 Å². The highest BCUT2D eigenvalue weighted by molar-refractivity contribution is 5.57. The summed E-state index contributed by atoms with van der Waals surface area (Å²) in [6.07, 6.45) is 9.02. The van der Waals surface area contributed by atoms with Gasteiger partial charge in [0.15, 0.2) is 0 Å². The number of methoxy groups -OCH3 is 1. The van der Waals surface area contributed by atoms with Crippen LogP contribution in [0.1, 0.15) is 54.7 Å². The van der Waals surface area contributed by atoms with Crippen molar-refractivity contribution in [1.82, 2.24) is 0 Å². The van der Waals surface area contributed by atoms with Crippen LogP contribution in [0.2, 0.25) is 0 Å². The van der Waals surface area contributed by atoms with Crippen molar-refractivity contribution in [2.45, 2.75) is 50.0 Å². The Morgan fingerprint density at radius 2 is 1.97 bits per heavy atom. The van der Waals surface area contributed by atoms with E-state index in [1.54, 1.807) is 0 Å². The number of rotatable bonds is 4. The summed E-state index contributed by atoms with van der Waals surface area (Å²) in [5.41, 5.74) is 5.65. The summed E-state index contributed by atoms with van der Waals surface area (Å²) in [4.78, 5) is 2.50. The molecule has 3 aliphatic rings. The molecule has 1 unspecified atom stereocenters. The number of hydrogen-bond donors (Lipinski definition) is 0. The Kier molecular flexibility index (Phi) is 5.32. The predicted molar refractivity (Wildman–Crippen MR) is 123 cm³/mol. The lowest BCUT2D eigenvalue weighted by Gasteiger charge is -2.40. The molecular weight excluding hydrogens is 370 g/mol. The summed E-state index contributed by atoms with van der Waals surface area (Å²) >= 11 is 0. The van der Waals surface area contributed by atoms with Gasteiger partial charge in [0.05, 0.1) is 19.3 Å². The zero-order valence-electron chi connectivity index (χ0n) is 18.1. The Morgan fingerprint density at radius 3 is 2.73 bits per heavy atom. The van der Waals surface area contributed by atoms with Crippen LogP contribution >= 0.6 is 0 Å². The Bertz CT molecular complexity index is 913. The van der Waals surface area contributed by atoms with Crippen molar-refractivity contribution < 1.29 is 9.47 Å². The van der Waals surface area contributed by atoms with E-state index in [2.05, 4.69) is 60.0 Å². The van der Waals surface area contributed by atoms with Gasteiger partial charge in [-0.1, -0.05) is 36.4 Å². The fourth-order valence-electron chi connectivity index (χ4n) is 5.81. The molecule has 5 rings (SSSR count). The second kappa shape index (κ2) is 8.11. The fraction of sp³-hybridized carbons (Fsp3) is 0.481. The number of anilines is 1. The molecule has 2 aromatic carbocycles. The monoisotopic (exact) mass is 403 g/mol. The van der Waals surface area contributed by atoms with Crippen LogP contribution in [0.4, 0.5) is 5.69 Å². The number of fused-ring (bicyclic) bond motifs is 1. The average Bonchev–Trinajstić information content (AvgIpc) is 3.21.